The van der Waals surface area contributed by atoms with Crippen LogP contribution in [0.2, 0.25) is 0 Å². The third-order valence-corrected chi connectivity index (χ3v) is 5.74. The minimum absolute atomic E-state index is 0.430. The lowest BCUT2D eigenvalue weighted by atomic mass is 10.1. The first kappa shape index (κ1) is 23.2. The van der Waals surface area contributed by atoms with Crippen LogP contribution in [0.1, 0.15) is 35.5 Å². The lowest BCUT2D eigenvalue weighted by Crippen LogP contribution is -2.00. The van der Waals surface area contributed by atoms with Gasteiger partial charge in [0.1, 0.15) is 18.1 Å². The largest absolute Gasteiger partial charge is 0.493 e. The smallest absolute Gasteiger partial charge is 0.174 e. The first-order valence-corrected chi connectivity index (χ1v) is 12.0. The zero-order chi connectivity index (χ0) is 24.4. The Balaban J connectivity index is 1.12. The van der Waals surface area contributed by atoms with Gasteiger partial charge < -0.3 is 9.47 Å². The Morgan fingerprint density at radius 1 is 0.778 bits per heavy atom. The van der Waals surface area contributed by atoms with Crippen molar-refractivity contribution in [2.24, 2.45) is 0 Å². The molecule has 7 heteroatoms. The molecule has 0 fully saturated rings. The number of nitrogens with one attached hydrogen (secondary N) is 1. The molecule has 0 radical (unpaired) electrons. The van der Waals surface area contributed by atoms with Gasteiger partial charge in [-0.25, -0.2) is 4.98 Å². The number of H-pyrrole nitrogens is 1. The molecule has 0 aliphatic carbocycles. The van der Waals surface area contributed by atoms with Gasteiger partial charge in [-0.2, -0.15) is 5.21 Å². The van der Waals surface area contributed by atoms with Crippen LogP contribution in [-0.2, 0) is 13.0 Å². The van der Waals surface area contributed by atoms with Crippen molar-refractivity contribution in [1.82, 2.24) is 25.6 Å². The van der Waals surface area contributed by atoms with Crippen molar-refractivity contribution >= 4 is 23.1 Å². The Morgan fingerprint density at radius 3 is 2.53 bits per heavy atom. The Hall–Kier alpha value is -4.52. The summed E-state index contributed by atoms with van der Waals surface area (Å²) in [5.74, 6) is 2.42. The maximum Gasteiger partial charge on any atom is 0.174 e. The van der Waals surface area contributed by atoms with E-state index in [-0.39, 0.29) is 0 Å². The number of nitrogens with zero attached hydrogens (tertiary/aromatic N) is 4. The fraction of sp³-hybridized carbons (Fsp3) is 0.172. The molecule has 2 aromatic heterocycles. The monoisotopic (exact) mass is 477 g/mol. The van der Waals surface area contributed by atoms with Crippen LogP contribution in [0, 0.1) is 0 Å². The molecule has 0 aliphatic heterocycles. The molecule has 1 N–H and O–H groups in total. The Kier molecular flexibility index (Phi) is 7.58. The summed E-state index contributed by atoms with van der Waals surface area (Å²) < 4.78 is 12.0. The van der Waals surface area contributed by atoms with Crippen molar-refractivity contribution in [3.63, 3.8) is 0 Å². The number of unbranched alkanes of at least 4 members (excludes halogenated alkanes) is 1. The van der Waals surface area contributed by atoms with Gasteiger partial charge >= 0.3 is 0 Å². The molecule has 0 unspecified atom stereocenters. The lowest BCUT2D eigenvalue weighted by molar-refractivity contribution is 0.302. The molecule has 5 rings (SSSR count). The minimum Gasteiger partial charge on any atom is -0.493 e. The van der Waals surface area contributed by atoms with Crippen LogP contribution in [0.5, 0.6) is 11.5 Å². The van der Waals surface area contributed by atoms with E-state index in [1.807, 2.05) is 66.7 Å². The van der Waals surface area contributed by atoms with E-state index in [1.165, 1.54) is 0 Å². The summed E-state index contributed by atoms with van der Waals surface area (Å²) in [6, 6.07) is 28.3. The fourth-order valence-corrected chi connectivity index (χ4v) is 3.81. The Labute approximate surface area is 209 Å². The molecule has 36 heavy (non-hydrogen) atoms. The maximum absolute atomic E-state index is 6.02. The van der Waals surface area contributed by atoms with Crippen molar-refractivity contribution in [3.8, 4) is 11.5 Å². The molecule has 0 bridgehead atoms. The molecule has 0 saturated heterocycles. The molecule has 0 spiro atoms. The van der Waals surface area contributed by atoms with E-state index in [2.05, 4.69) is 56.0 Å². The van der Waals surface area contributed by atoms with E-state index in [0.29, 0.717) is 13.2 Å². The number of fused-ring (bicyclic) bond motifs is 1. The van der Waals surface area contributed by atoms with Gasteiger partial charge in [-0.15, -0.1) is 10.2 Å². The summed E-state index contributed by atoms with van der Waals surface area (Å²) in [5.41, 5.74) is 4.01. The highest BCUT2D eigenvalue weighted by atomic mass is 16.5. The predicted molar refractivity (Wildman–Crippen MR) is 140 cm³/mol. The Morgan fingerprint density at radius 2 is 1.64 bits per heavy atom. The van der Waals surface area contributed by atoms with Crippen LogP contribution in [0.4, 0.5) is 0 Å². The van der Waals surface area contributed by atoms with Crippen LogP contribution >= 0.6 is 0 Å². The van der Waals surface area contributed by atoms with E-state index >= 15 is 0 Å². The highest BCUT2D eigenvalue weighted by molar-refractivity contribution is 5.78. The Bertz CT molecular complexity index is 1420. The number of benzene rings is 3. The number of aromatic amines is 1. The highest BCUT2D eigenvalue weighted by Crippen LogP contribution is 2.22. The number of hydrogen-bond donors (Lipinski definition) is 1. The molecule has 0 saturated carbocycles. The zero-order valence-corrected chi connectivity index (χ0v) is 19.9. The molecular formula is C29H27N5O2. The number of pyridine rings is 1. The average Bonchev–Trinajstić information content (AvgIpc) is 3.45. The van der Waals surface area contributed by atoms with Gasteiger partial charge in [-0.05, 0) is 48.7 Å². The number of aryl methyl sites for hydroxylation is 1. The predicted octanol–water partition coefficient (Wildman–Crippen LogP) is 5.90. The van der Waals surface area contributed by atoms with Crippen LogP contribution in [-0.4, -0.2) is 32.2 Å². The topological polar surface area (TPSA) is 85.8 Å². The van der Waals surface area contributed by atoms with Crippen LogP contribution in [0.3, 0.4) is 0 Å². The fourth-order valence-electron chi connectivity index (χ4n) is 3.81. The molecule has 0 amide bonds. The molecule has 180 valence electrons. The van der Waals surface area contributed by atoms with Crippen LogP contribution in [0.25, 0.3) is 23.1 Å². The van der Waals surface area contributed by atoms with Crippen molar-refractivity contribution < 1.29 is 9.47 Å². The van der Waals surface area contributed by atoms with Crippen LogP contribution < -0.4 is 9.47 Å². The second-order valence-electron chi connectivity index (χ2n) is 8.36. The SMILES string of the molecule is C(=C\c1ccccc1OCCCCc1nn[nH]n1)/c1ccc(OCc2ccc3ccccc3n2)cc1. The normalized spacial score (nSPS) is 11.2. The molecule has 7 nitrogen and oxygen atoms in total. The van der Waals surface area contributed by atoms with Crippen molar-refractivity contribution in [1.29, 1.82) is 0 Å². The van der Waals surface area contributed by atoms with E-state index in [9.17, 15) is 0 Å². The molecule has 0 aliphatic rings. The summed E-state index contributed by atoms with van der Waals surface area (Å²) in [4.78, 5) is 4.66. The summed E-state index contributed by atoms with van der Waals surface area (Å²) >= 11 is 0. The lowest BCUT2D eigenvalue weighted by Gasteiger charge is -2.09. The van der Waals surface area contributed by atoms with E-state index < -0.39 is 0 Å². The average molecular weight is 478 g/mol. The quantitative estimate of drug-likeness (QED) is 0.188. The molecule has 0 atom stereocenters. The van der Waals surface area contributed by atoms with E-state index in [1.54, 1.807) is 0 Å². The third kappa shape index (κ3) is 6.33. The summed E-state index contributed by atoms with van der Waals surface area (Å²) in [7, 11) is 0. The number of hydrogen-bond acceptors (Lipinski definition) is 6. The first-order valence-electron chi connectivity index (χ1n) is 12.0. The maximum atomic E-state index is 6.02. The first-order chi connectivity index (χ1) is 17.8. The van der Waals surface area contributed by atoms with Gasteiger partial charge in [0.25, 0.3) is 0 Å². The van der Waals surface area contributed by atoms with Gasteiger partial charge in [-0.1, -0.05) is 72.0 Å². The summed E-state index contributed by atoms with van der Waals surface area (Å²) in [5, 5.41) is 15.1. The van der Waals surface area contributed by atoms with Gasteiger partial charge in [0, 0.05) is 17.4 Å². The second kappa shape index (κ2) is 11.8. The van der Waals surface area contributed by atoms with Crippen molar-refractivity contribution in [2.45, 2.75) is 25.9 Å². The minimum atomic E-state index is 0.430. The summed E-state index contributed by atoms with van der Waals surface area (Å²) in [6.07, 6.45) is 6.81. The molecule has 3 aromatic carbocycles. The van der Waals surface area contributed by atoms with Crippen LogP contribution in [0.15, 0.2) is 84.9 Å². The molecule has 2 heterocycles. The highest BCUT2D eigenvalue weighted by Gasteiger charge is 2.03. The van der Waals surface area contributed by atoms with Gasteiger partial charge in [-0.3, -0.25) is 0 Å². The van der Waals surface area contributed by atoms with E-state index in [4.69, 9.17) is 9.47 Å². The number of rotatable bonds is 11. The third-order valence-electron chi connectivity index (χ3n) is 5.74. The number of tetrazole rings is 1. The number of ether oxygens (including phenoxy) is 2. The van der Waals surface area contributed by atoms with Crippen molar-refractivity contribution in [3.05, 3.63) is 108 Å². The molecule has 5 aromatic rings. The standard InChI is InChI=1S/C29H27N5O2/c1-3-9-27-23(7-1)16-17-25(30-27)21-36-26-18-13-22(14-19-26)12-15-24-8-2-4-10-28(24)35-20-6-5-11-29-31-33-34-32-29/h1-4,7-10,12-19H,5-6,11,20-21H2,(H,31,32,33,34)/b15-12+. The second-order valence-corrected chi connectivity index (χ2v) is 8.36. The zero-order valence-electron chi connectivity index (χ0n) is 19.9. The van der Waals surface area contributed by atoms with Gasteiger partial charge in [0.2, 0.25) is 0 Å². The summed E-state index contributed by atoms with van der Waals surface area (Å²) in [6.45, 7) is 1.07. The van der Waals surface area contributed by atoms with E-state index in [0.717, 1.165) is 64.3 Å². The van der Waals surface area contributed by atoms with Gasteiger partial charge in [0.15, 0.2) is 5.82 Å². The van der Waals surface area contributed by atoms with Crippen molar-refractivity contribution in [2.75, 3.05) is 6.61 Å². The number of para-hydroxylation sites is 2. The number of aromatic nitrogens is 5. The van der Waals surface area contributed by atoms with Gasteiger partial charge in [0.05, 0.1) is 17.8 Å². The molecular weight excluding hydrogens is 450 g/mol.